The first-order chi connectivity index (χ1) is 25.4. The van der Waals surface area contributed by atoms with Gasteiger partial charge in [-0.15, -0.1) is 0 Å². The van der Waals surface area contributed by atoms with Crippen molar-refractivity contribution in [3.8, 4) is 0 Å². The molecule has 0 saturated carbocycles. The molecule has 20 heteroatoms. The lowest BCUT2D eigenvalue weighted by Gasteiger charge is -2.37. The van der Waals surface area contributed by atoms with Gasteiger partial charge in [0.2, 0.25) is 0 Å². The van der Waals surface area contributed by atoms with Gasteiger partial charge < -0.3 is 10.1 Å². The number of hydrogen-bond acceptors (Lipinski definition) is 11. The maximum atomic E-state index is 13.6. The van der Waals surface area contributed by atoms with Gasteiger partial charge in [-0.2, -0.15) is 43.2 Å². The Morgan fingerprint density at radius 1 is 0.778 bits per heavy atom. The molecule has 6 rings (SSSR count). The van der Waals surface area contributed by atoms with E-state index in [9.17, 15) is 43.2 Å². The van der Waals surface area contributed by atoms with E-state index >= 15 is 0 Å². The van der Waals surface area contributed by atoms with Crippen LogP contribution in [0, 0.1) is 5.92 Å². The van der Waals surface area contributed by atoms with Crippen molar-refractivity contribution in [1.29, 1.82) is 0 Å². The summed E-state index contributed by atoms with van der Waals surface area (Å²) < 4.78 is 145. The largest absolute Gasteiger partial charge is 0.523 e. The van der Waals surface area contributed by atoms with Gasteiger partial charge in [0, 0.05) is 5.92 Å². The number of rotatable bonds is 12. The van der Waals surface area contributed by atoms with Crippen LogP contribution in [0.1, 0.15) is 43.2 Å². The standard InChI is InChI=1S/C34H31F6N5O7S2/c1-3-31(19-50-53(46,47)33(35,36)37)22(2)27(52-54(48,49)34(38,39)40)30(51-31)45-21-43-26-28(41-20-42-29(26)45)44-32(23-13-7-4-8-14-23,24-15-9-5-10-16-24)25-17-11-6-12-18-25/h4-18,20-22,27,30H,3,19H2,1-2H3,(H,41,42,44)/t22-,27-,30-,31-/m1/s1. The fourth-order valence-electron chi connectivity index (χ4n) is 6.51. The van der Waals surface area contributed by atoms with Crippen molar-refractivity contribution in [2.45, 2.75) is 54.8 Å². The summed E-state index contributed by atoms with van der Waals surface area (Å²) in [6.07, 6.45) is -2.15. The number of nitrogens with one attached hydrogen (secondary N) is 1. The third-order valence-electron chi connectivity index (χ3n) is 9.38. The van der Waals surface area contributed by atoms with Gasteiger partial charge in [-0.3, -0.25) is 12.9 Å². The molecule has 1 saturated heterocycles. The average Bonchev–Trinajstić information content (AvgIpc) is 3.69. The van der Waals surface area contributed by atoms with Crippen LogP contribution < -0.4 is 5.32 Å². The summed E-state index contributed by atoms with van der Waals surface area (Å²) >= 11 is 0. The monoisotopic (exact) mass is 799 g/mol. The highest BCUT2D eigenvalue weighted by molar-refractivity contribution is 7.87. The van der Waals surface area contributed by atoms with E-state index in [4.69, 9.17) is 4.74 Å². The summed E-state index contributed by atoms with van der Waals surface area (Å²) in [4.78, 5) is 13.1. The molecule has 1 N–H and O–H groups in total. The minimum atomic E-state index is -6.34. The van der Waals surface area contributed by atoms with Crippen LogP contribution in [0.2, 0.25) is 0 Å². The molecule has 1 aliphatic heterocycles. The molecule has 54 heavy (non-hydrogen) atoms. The third-order valence-corrected chi connectivity index (χ3v) is 11.4. The molecule has 12 nitrogen and oxygen atoms in total. The third kappa shape index (κ3) is 6.91. The smallest absolute Gasteiger partial charge is 0.351 e. The average molecular weight is 800 g/mol. The van der Waals surface area contributed by atoms with E-state index in [2.05, 4.69) is 28.6 Å². The Morgan fingerprint density at radius 3 is 1.74 bits per heavy atom. The Bertz CT molecular complexity index is 2220. The molecule has 1 fully saturated rings. The minimum absolute atomic E-state index is 0.0308. The van der Waals surface area contributed by atoms with Crippen LogP contribution in [0.5, 0.6) is 0 Å². The van der Waals surface area contributed by atoms with Crippen LogP contribution in [-0.4, -0.2) is 65.7 Å². The van der Waals surface area contributed by atoms with Crippen LogP contribution in [0.3, 0.4) is 0 Å². The van der Waals surface area contributed by atoms with Crippen LogP contribution in [0.25, 0.3) is 11.2 Å². The van der Waals surface area contributed by atoms with Gasteiger partial charge in [0.1, 0.15) is 23.6 Å². The first kappa shape index (κ1) is 39.1. The predicted octanol–water partition coefficient (Wildman–Crippen LogP) is 6.65. The van der Waals surface area contributed by atoms with Gasteiger partial charge in [-0.05, 0) is 23.1 Å². The van der Waals surface area contributed by atoms with E-state index in [0.29, 0.717) is 0 Å². The van der Waals surface area contributed by atoms with Crippen molar-refractivity contribution in [2.24, 2.45) is 5.92 Å². The molecule has 0 spiro atoms. The molecular formula is C34H31F6N5O7S2. The molecule has 5 aromatic rings. The molecule has 3 aromatic carbocycles. The summed E-state index contributed by atoms with van der Waals surface area (Å²) in [6.45, 7) is 1.13. The highest BCUT2D eigenvalue weighted by Gasteiger charge is 2.60. The van der Waals surface area contributed by atoms with Crippen molar-refractivity contribution in [2.75, 3.05) is 11.9 Å². The second kappa shape index (κ2) is 14.2. The maximum absolute atomic E-state index is 13.6. The van der Waals surface area contributed by atoms with E-state index in [1.807, 2.05) is 91.0 Å². The van der Waals surface area contributed by atoms with Crippen LogP contribution in [-0.2, 0) is 38.9 Å². The first-order valence-electron chi connectivity index (χ1n) is 16.1. The Morgan fingerprint density at radius 2 is 1.28 bits per heavy atom. The Labute approximate surface area is 305 Å². The van der Waals surface area contributed by atoms with E-state index in [0.717, 1.165) is 40.8 Å². The lowest BCUT2D eigenvalue weighted by atomic mass is 9.77. The number of benzene rings is 3. The van der Waals surface area contributed by atoms with Gasteiger partial charge in [0.25, 0.3) is 0 Å². The summed E-state index contributed by atoms with van der Waals surface area (Å²) in [5.74, 6) is -1.41. The molecular weight excluding hydrogens is 769 g/mol. The highest BCUT2D eigenvalue weighted by atomic mass is 32.2. The van der Waals surface area contributed by atoms with E-state index in [-0.39, 0.29) is 23.4 Å². The Kier molecular flexibility index (Phi) is 10.3. The molecule has 1 aliphatic rings. The summed E-state index contributed by atoms with van der Waals surface area (Å²) in [5, 5.41) is 3.51. The Balaban J connectivity index is 1.49. The first-order valence-corrected chi connectivity index (χ1v) is 18.9. The molecule has 0 radical (unpaired) electrons. The summed E-state index contributed by atoms with van der Waals surface area (Å²) in [6, 6.07) is 28.0. The summed E-state index contributed by atoms with van der Waals surface area (Å²) in [7, 11) is -12.5. The van der Waals surface area contributed by atoms with E-state index < -0.39 is 67.2 Å². The highest BCUT2D eigenvalue weighted by Crippen LogP contribution is 2.49. The lowest BCUT2D eigenvalue weighted by Crippen LogP contribution is -2.44. The van der Waals surface area contributed by atoms with Crippen molar-refractivity contribution in [1.82, 2.24) is 19.5 Å². The number of anilines is 1. The molecule has 4 atom stereocenters. The number of alkyl halides is 6. The SMILES string of the molecule is CC[C@]1(COS(=O)(=O)C(F)(F)F)O[C@@H](n2cnc3c(NC(c4ccccc4)(c4ccccc4)c4ccccc4)ncnc32)[C@H](OS(=O)(=O)C(F)(F)F)[C@H]1C. The quantitative estimate of drug-likeness (QED) is 0.0626. The van der Waals surface area contributed by atoms with Crippen molar-refractivity contribution in [3.63, 3.8) is 0 Å². The van der Waals surface area contributed by atoms with Gasteiger partial charge >= 0.3 is 31.3 Å². The Hall–Kier alpha value is -4.63. The molecule has 0 amide bonds. The number of fused-ring (bicyclic) bond motifs is 1. The van der Waals surface area contributed by atoms with Crippen molar-refractivity contribution >= 4 is 37.2 Å². The van der Waals surface area contributed by atoms with Gasteiger partial charge in [-0.1, -0.05) is 105 Å². The fraction of sp³-hybridized carbons (Fsp3) is 0.324. The number of hydrogen-bond donors (Lipinski definition) is 1. The number of ether oxygens (including phenoxy) is 1. The van der Waals surface area contributed by atoms with Crippen molar-refractivity contribution < 1.29 is 56.3 Å². The number of halogens is 6. The lowest BCUT2D eigenvalue weighted by molar-refractivity contribution is -0.115. The zero-order valence-electron chi connectivity index (χ0n) is 28.2. The molecule has 2 aromatic heterocycles. The van der Waals surface area contributed by atoms with Crippen LogP contribution >= 0.6 is 0 Å². The molecule has 0 bridgehead atoms. The number of aromatic nitrogens is 4. The molecule has 288 valence electrons. The second-order valence-corrected chi connectivity index (χ2v) is 15.5. The van der Waals surface area contributed by atoms with E-state index in [1.54, 1.807) is 0 Å². The van der Waals surface area contributed by atoms with Crippen LogP contribution in [0.4, 0.5) is 32.2 Å². The maximum Gasteiger partial charge on any atom is 0.523 e. The molecule has 0 aliphatic carbocycles. The summed E-state index contributed by atoms with van der Waals surface area (Å²) in [5.41, 5.74) is -12.8. The topological polar surface area (TPSA) is 152 Å². The molecule has 0 unspecified atom stereocenters. The number of imidazole rings is 1. The zero-order valence-corrected chi connectivity index (χ0v) is 29.8. The number of nitrogens with zero attached hydrogens (tertiary/aromatic N) is 4. The van der Waals surface area contributed by atoms with E-state index in [1.165, 1.54) is 6.92 Å². The fourth-order valence-corrected chi connectivity index (χ4v) is 7.66. The minimum Gasteiger partial charge on any atom is -0.351 e. The second-order valence-electron chi connectivity index (χ2n) is 12.4. The van der Waals surface area contributed by atoms with Crippen LogP contribution in [0.15, 0.2) is 104 Å². The zero-order chi connectivity index (χ0) is 39.2. The van der Waals surface area contributed by atoms with Gasteiger partial charge in [0.05, 0.1) is 12.9 Å². The normalized spacial score (nSPS) is 21.4. The predicted molar refractivity (Wildman–Crippen MR) is 181 cm³/mol. The van der Waals surface area contributed by atoms with Gasteiger partial charge in [-0.25, -0.2) is 15.0 Å². The van der Waals surface area contributed by atoms with Gasteiger partial charge in [0.15, 0.2) is 23.2 Å². The molecule has 3 heterocycles. The van der Waals surface area contributed by atoms with Crippen molar-refractivity contribution in [3.05, 3.63) is 120 Å².